The van der Waals surface area contributed by atoms with Crippen molar-refractivity contribution in [2.75, 3.05) is 0 Å². The summed E-state index contributed by atoms with van der Waals surface area (Å²) in [5.74, 6) is 0. The Morgan fingerprint density at radius 2 is 0.947 bits per heavy atom. The van der Waals surface area contributed by atoms with Gasteiger partial charge in [0.2, 0.25) is 0 Å². The third-order valence-electron chi connectivity index (χ3n) is 3.96. The molecule has 0 saturated carbocycles. The zero-order valence-electron chi connectivity index (χ0n) is 13.8. The van der Waals surface area contributed by atoms with Crippen LogP contribution in [0, 0.1) is 0 Å². The van der Waals surface area contributed by atoms with Crippen LogP contribution in [0.1, 0.15) is 103 Å². The fraction of sp³-hybridized carbons (Fsp3) is 0.889. The first kappa shape index (κ1) is 19.0. The van der Waals surface area contributed by atoms with Crippen molar-refractivity contribution in [3.63, 3.8) is 0 Å². The van der Waals surface area contributed by atoms with Crippen LogP contribution in [-0.4, -0.2) is 10.2 Å². The van der Waals surface area contributed by atoms with Crippen molar-refractivity contribution in [1.82, 2.24) is 0 Å². The highest BCUT2D eigenvalue weighted by atomic mass is 28.1. The Kier molecular flexibility index (Phi) is 17.9. The first-order chi connectivity index (χ1) is 9.41. The summed E-state index contributed by atoms with van der Waals surface area (Å²) in [6.45, 7) is 2.29. The van der Waals surface area contributed by atoms with Crippen LogP contribution in [0.15, 0.2) is 11.8 Å². The predicted octanol–water partition coefficient (Wildman–Crippen LogP) is 5.74. The van der Waals surface area contributed by atoms with Crippen LogP contribution in [0.25, 0.3) is 0 Å². The summed E-state index contributed by atoms with van der Waals surface area (Å²) in [5, 5.41) is 0. The average molecular weight is 283 g/mol. The van der Waals surface area contributed by atoms with Crippen molar-refractivity contribution >= 4 is 10.2 Å². The molecular formula is C18H38Si. The number of hydrogen-bond donors (Lipinski definition) is 0. The highest BCUT2D eigenvalue weighted by Crippen LogP contribution is 2.13. The Bertz CT molecular complexity index is 175. The van der Waals surface area contributed by atoms with Gasteiger partial charge < -0.3 is 0 Å². The van der Waals surface area contributed by atoms with Gasteiger partial charge in [-0.05, 0) is 12.8 Å². The third-order valence-corrected chi connectivity index (χ3v) is 4.43. The molecule has 0 unspecified atom stereocenters. The molecule has 1 heteroatoms. The molecule has 19 heavy (non-hydrogen) atoms. The fourth-order valence-corrected chi connectivity index (χ4v) is 2.96. The highest BCUT2D eigenvalue weighted by Gasteiger charge is 1.93. The number of rotatable bonds is 15. The number of allylic oxidation sites excluding steroid dienone is 1. The van der Waals surface area contributed by atoms with E-state index in [1.807, 2.05) is 0 Å². The fourth-order valence-electron chi connectivity index (χ4n) is 2.62. The smallest absolute Gasteiger partial charge is 0.0287 e. The molecule has 0 aromatic heterocycles. The molecule has 0 saturated heterocycles. The SMILES string of the molecule is CCCCCCCCCCCCCCCCC=C[SiH3]. The standard InChI is InChI=1S/C18H38Si/c1-2-3-4-5-6-7-8-9-10-11-12-13-14-15-16-17-18-19/h17-18H,2-16H2,1,19H3. The van der Waals surface area contributed by atoms with Crippen LogP contribution in [0.2, 0.25) is 0 Å². The molecule has 0 aliphatic carbocycles. The molecule has 0 rings (SSSR count). The minimum atomic E-state index is 1.23. The van der Waals surface area contributed by atoms with Crippen molar-refractivity contribution in [1.29, 1.82) is 0 Å². The Morgan fingerprint density at radius 1 is 0.579 bits per heavy atom. The zero-order valence-corrected chi connectivity index (χ0v) is 15.8. The van der Waals surface area contributed by atoms with E-state index >= 15 is 0 Å². The maximum Gasteiger partial charge on any atom is 0.0287 e. The summed E-state index contributed by atoms with van der Waals surface area (Å²) in [4.78, 5) is 0. The molecule has 0 amide bonds. The second-order valence-corrected chi connectivity index (χ2v) is 6.62. The minimum Gasteiger partial charge on any atom is -0.109 e. The van der Waals surface area contributed by atoms with Crippen molar-refractivity contribution < 1.29 is 0 Å². The van der Waals surface area contributed by atoms with Gasteiger partial charge >= 0.3 is 0 Å². The number of unbranched alkanes of at least 4 members (excludes halogenated alkanes) is 14. The second-order valence-electron chi connectivity index (χ2n) is 5.95. The lowest BCUT2D eigenvalue weighted by Crippen LogP contribution is -1.83. The van der Waals surface area contributed by atoms with Crippen molar-refractivity contribution in [2.24, 2.45) is 0 Å². The largest absolute Gasteiger partial charge is 0.109 e. The van der Waals surface area contributed by atoms with Crippen molar-refractivity contribution in [3.05, 3.63) is 11.8 Å². The van der Waals surface area contributed by atoms with Crippen molar-refractivity contribution in [3.8, 4) is 0 Å². The third kappa shape index (κ3) is 18.0. The molecule has 0 heterocycles. The summed E-state index contributed by atoms with van der Waals surface area (Å²) in [5.41, 5.74) is 2.31. The highest BCUT2D eigenvalue weighted by molar-refractivity contribution is 6.16. The zero-order chi connectivity index (χ0) is 14.0. The Balaban J connectivity index is 2.91. The average Bonchev–Trinajstić information content (AvgIpc) is 2.43. The van der Waals surface area contributed by atoms with Crippen LogP contribution in [0.3, 0.4) is 0 Å². The molecule has 0 nitrogen and oxygen atoms in total. The minimum absolute atomic E-state index is 1.23. The summed E-state index contributed by atoms with van der Waals surface area (Å²) in [7, 11) is 1.23. The van der Waals surface area contributed by atoms with Gasteiger partial charge in [0.1, 0.15) is 0 Å². The van der Waals surface area contributed by atoms with E-state index in [1.54, 1.807) is 0 Å². The van der Waals surface area contributed by atoms with Crippen molar-refractivity contribution in [2.45, 2.75) is 103 Å². The summed E-state index contributed by atoms with van der Waals surface area (Å²) in [6.07, 6.45) is 24.1. The van der Waals surface area contributed by atoms with Gasteiger partial charge in [-0.15, -0.1) is 5.70 Å². The monoisotopic (exact) mass is 282 g/mol. The molecule has 0 aliphatic rings. The molecule has 0 fully saturated rings. The molecule has 0 aliphatic heterocycles. The van der Waals surface area contributed by atoms with Gasteiger partial charge in [-0.3, -0.25) is 0 Å². The summed E-state index contributed by atoms with van der Waals surface area (Å²) in [6, 6.07) is 0. The van der Waals surface area contributed by atoms with E-state index in [0.29, 0.717) is 0 Å². The normalized spacial score (nSPS) is 11.6. The molecule has 0 aromatic rings. The Hall–Kier alpha value is -0.0431. The van der Waals surface area contributed by atoms with E-state index < -0.39 is 0 Å². The summed E-state index contributed by atoms with van der Waals surface area (Å²) >= 11 is 0. The molecular weight excluding hydrogens is 244 g/mol. The van der Waals surface area contributed by atoms with E-state index in [4.69, 9.17) is 0 Å². The second kappa shape index (κ2) is 18.0. The Morgan fingerprint density at radius 3 is 1.32 bits per heavy atom. The van der Waals surface area contributed by atoms with Crippen LogP contribution in [0.5, 0.6) is 0 Å². The topological polar surface area (TPSA) is 0 Å². The van der Waals surface area contributed by atoms with E-state index in [2.05, 4.69) is 18.7 Å². The lowest BCUT2D eigenvalue weighted by molar-refractivity contribution is 0.536. The van der Waals surface area contributed by atoms with Gasteiger partial charge in [-0.2, -0.15) is 0 Å². The number of hydrogen-bond acceptors (Lipinski definition) is 0. The molecule has 0 aromatic carbocycles. The lowest BCUT2D eigenvalue weighted by atomic mass is 10.0. The van der Waals surface area contributed by atoms with Gasteiger partial charge in [-0.25, -0.2) is 0 Å². The first-order valence-electron chi connectivity index (χ1n) is 9.03. The molecule has 0 atom stereocenters. The first-order valence-corrected chi connectivity index (χ1v) is 10.2. The quantitative estimate of drug-likeness (QED) is 0.265. The van der Waals surface area contributed by atoms with Gasteiger partial charge in [0, 0.05) is 10.2 Å². The van der Waals surface area contributed by atoms with Crippen LogP contribution in [-0.2, 0) is 0 Å². The van der Waals surface area contributed by atoms with Gasteiger partial charge in [-0.1, -0.05) is 96.5 Å². The van der Waals surface area contributed by atoms with Crippen LogP contribution < -0.4 is 0 Å². The van der Waals surface area contributed by atoms with Gasteiger partial charge in [0.15, 0.2) is 0 Å². The van der Waals surface area contributed by atoms with E-state index in [9.17, 15) is 0 Å². The van der Waals surface area contributed by atoms with Gasteiger partial charge in [0.25, 0.3) is 0 Å². The summed E-state index contributed by atoms with van der Waals surface area (Å²) < 4.78 is 0. The van der Waals surface area contributed by atoms with E-state index in [0.717, 1.165) is 0 Å². The molecule has 0 spiro atoms. The Labute approximate surface area is 125 Å². The maximum absolute atomic E-state index is 2.35. The lowest BCUT2D eigenvalue weighted by Gasteiger charge is -2.02. The van der Waals surface area contributed by atoms with Crippen LogP contribution >= 0.6 is 0 Å². The molecule has 0 bridgehead atoms. The van der Waals surface area contributed by atoms with E-state index in [1.165, 1.54) is 107 Å². The van der Waals surface area contributed by atoms with Gasteiger partial charge in [0.05, 0.1) is 0 Å². The van der Waals surface area contributed by atoms with Crippen LogP contribution in [0.4, 0.5) is 0 Å². The molecule has 0 radical (unpaired) electrons. The predicted molar refractivity (Wildman–Crippen MR) is 94.0 cm³/mol. The van der Waals surface area contributed by atoms with E-state index in [-0.39, 0.29) is 0 Å². The molecule has 0 N–H and O–H groups in total. The maximum atomic E-state index is 2.35. The molecule has 114 valence electrons.